The lowest BCUT2D eigenvalue weighted by molar-refractivity contribution is 0.00672. The minimum Gasteiger partial charge on any atom is -0.493 e. The summed E-state index contributed by atoms with van der Waals surface area (Å²) in [5.74, 6) is 1.52. The molecule has 24 heavy (non-hydrogen) atoms. The van der Waals surface area contributed by atoms with Gasteiger partial charge < -0.3 is 19.5 Å². The number of hydrogen-bond acceptors (Lipinski definition) is 5. The van der Waals surface area contributed by atoms with Crippen molar-refractivity contribution < 1.29 is 19.0 Å². The van der Waals surface area contributed by atoms with E-state index in [1.54, 1.807) is 32.4 Å². The molecule has 0 radical (unpaired) electrons. The van der Waals surface area contributed by atoms with Crippen molar-refractivity contribution in [2.75, 3.05) is 47.1 Å². The highest BCUT2D eigenvalue weighted by molar-refractivity contribution is 5.94. The molecule has 1 aliphatic heterocycles. The molecule has 134 valence electrons. The third-order valence-corrected chi connectivity index (χ3v) is 4.40. The largest absolute Gasteiger partial charge is 0.493 e. The lowest BCUT2D eigenvalue weighted by atomic mass is 10.0. The molecule has 1 heterocycles. The predicted octanol–water partition coefficient (Wildman–Crippen LogP) is 1.79. The lowest BCUT2D eigenvalue weighted by Crippen LogP contribution is -2.51. The van der Waals surface area contributed by atoms with Crippen LogP contribution in [0.1, 0.15) is 24.2 Å². The molecular formula is C18H28N2O4. The first-order valence-electron chi connectivity index (χ1n) is 8.38. The maximum atomic E-state index is 12.5. The van der Waals surface area contributed by atoms with Gasteiger partial charge in [0.2, 0.25) is 0 Å². The molecule has 1 aromatic carbocycles. The average molecular weight is 336 g/mol. The fourth-order valence-electron chi connectivity index (χ4n) is 2.97. The number of nitrogens with one attached hydrogen (secondary N) is 1. The van der Waals surface area contributed by atoms with Gasteiger partial charge in [0.05, 0.1) is 27.4 Å². The Kier molecular flexibility index (Phi) is 6.87. The molecule has 1 amide bonds. The van der Waals surface area contributed by atoms with Gasteiger partial charge in [0.1, 0.15) is 0 Å². The Bertz CT molecular complexity index is 542. The number of carbonyl (C=O) groups excluding carboxylic acids is 1. The highest BCUT2D eigenvalue weighted by atomic mass is 16.5. The summed E-state index contributed by atoms with van der Waals surface area (Å²) in [7, 11) is 3.14. The minimum atomic E-state index is -0.102. The van der Waals surface area contributed by atoms with Crippen LogP contribution in [-0.2, 0) is 4.74 Å². The molecule has 6 heteroatoms. The molecule has 6 nitrogen and oxygen atoms in total. The Labute approximate surface area is 144 Å². The molecular weight excluding hydrogens is 308 g/mol. The normalized spacial score (nSPS) is 16.7. The third-order valence-electron chi connectivity index (χ3n) is 4.40. The second-order valence-corrected chi connectivity index (χ2v) is 6.24. The molecule has 1 N–H and O–H groups in total. The molecule has 0 aromatic heterocycles. The van der Waals surface area contributed by atoms with Gasteiger partial charge in [-0.1, -0.05) is 13.8 Å². The van der Waals surface area contributed by atoms with Crippen LogP contribution in [0.2, 0.25) is 0 Å². The van der Waals surface area contributed by atoms with Gasteiger partial charge in [-0.3, -0.25) is 9.69 Å². The van der Waals surface area contributed by atoms with Crippen molar-refractivity contribution in [1.82, 2.24) is 10.2 Å². The van der Waals surface area contributed by atoms with Gasteiger partial charge >= 0.3 is 0 Å². The van der Waals surface area contributed by atoms with Crippen LogP contribution in [0.3, 0.4) is 0 Å². The SMILES string of the molecule is COc1ccc(C(=O)NCC(C(C)C)N2CCOCC2)cc1OC. The van der Waals surface area contributed by atoms with Crippen LogP contribution in [0, 0.1) is 5.92 Å². The van der Waals surface area contributed by atoms with Gasteiger partial charge in [-0.25, -0.2) is 0 Å². The molecule has 0 saturated carbocycles. The molecule has 1 aliphatic rings. The first-order valence-corrected chi connectivity index (χ1v) is 8.38. The summed E-state index contributed by atoms with van der Waals surface area (Å²) in [5.41, 5.74) is 0.567. The van der Waals surface area contributed by atoms with E-state index in [0.29, 0.717) is 35.6 Å². The zero-order chi connectivity index (χ0) is 17.5. The van der Waals surface area contributed by atoms with Crippen molar-refractivity contribution in [3.05, 3.63) is 23.8 Å². The molecule has 0 spiro atoms. The summed E-state index contributed by atoms with van der Waals surface area (Å²) in [6, 6.07) is 5.50. The van der Waals surface area contributed by atoms with Gasteiger partial charge in [0.25, 0.3) is 5.91 Å². The van der Waals surface area contributed by atoms with Crippen LogP contribution in [0.4, 0.5) is 0 Å². The highest BCUT2D eigenvalue weighted by Crippen LogP contribution is 2.27. The molecule has 1 atom stereocenters. The second kappa shape index (κ2) is 8.89. The Hall–Kier alpha value is -1.79. The summed E-state index contributed by atoms with van der Waals surface area (Å²) < 4.78 is 15.9. The number of benzene rings is 1. The number of hydrogen-bond donors (Lipinski definition) is 1. The summed E-state index contributed by atoms with van der Waals surface area (Å²) in [6.07, 6.45) is 0. The zero-order valence-corrected chi connectivity index (χ0v) is 15.0. The molecule has 0 aliphatic carbocycles. The zero-order valence-electron chi connectivity index (χ0n) is 15.0. The quantitative estimate of drug-likeness (QED) is 0.823. The van der Waals surface area contributed by atoms with E-state index in [1.165, 1.54) is 0 Å². The fourth-order valence-corrected chi connectivity index (χ4v) is 2.97. The molecule has 2 rings (SSSR count). The van der Waals surface area contributed by atoms with Crippen LogP contribution in [-0.4, -0.2) is 63.9 Å². The number of nitrogens with zero attached hydrogens (tertiary/aromatic N) is 1. The second-order valence-electron chi connectivity index (χ2n) is 6.24. The van der Waals surface area contributed by atoms with E-state index in [1.807, 2.05) is 0 Å². The Morgan fingerprint density at radius 3 is 2.46 bits per heavy atom. The Morgan fingerprint density at radius 2 is 1.88 bits per heavy atom. The van der Waals surface area contributed by atoms with Gasteiger partial charge in [-0.2, -0.15) is 0 Å². The van der Waals surface area contributed by atoms with Crippen LogP contribution >= 0.6 is 0 Å². The first-order chi connectivity index (χ1) is 11.6. The van der Waals surface area contributed by atoms with Gasteiger partial charge in [0.15, 0.2) is 11.5 Å². The van der Waals surface area contributed by atoms with E-state index >= 15 is 0 Å². The molecule has 0 bridgehead atoms. The van der Waals surface area contributed by atoms with Crippen molar-refractivity contribution in [2.24, 2.45) is 5.92 Å². The topological polar surface area (TPSA) is 60.0 Å². The van der Waals surface area contributed by atoms with Crippen LogP contribution < -0.4 is 14.8 Å². The summed E-state index contributed by atoms with van der Waals surface area (Å²) >= 11 is 0. The van der Waals surface area contributed by atoms with Crippen molar-refractivity contribution in [3.8, 4) is 11.5 Å². The van der Waals surface area contributed by atoms with Crippen LogP contribution in [0.15, 0.2) is 18.2 Å². The van der Waals surface area contributed by atoms with Crippen molar-refractivity contribution in [1.29, 1.82) is 0 Å². The fraction of sp³-hybridized carbons (Fsp3) is 0.611. The van der Waals surface area contributed by atoms with E-state index in [0.717, 1.165) is 26.3 Å². The Morgan fingerprint density at radius 1 is 1.21 bits per heavy atom. The number of morpholine rings is 1. The maximum absolute atomic E-state index is 12.5. The van der Waals surface area contributed by atoms with E-state index < -0.39 is 0 Å². The number of ether oxygens (including phenoxy) is 3. The molecule has 1 fully saturated rings. The lowest BCUT2D eigenvalue weighted by Gasteiger charge is -2.36. The van der Waals surface area contributed by atoms with Crippen LogP contribution in [0.25, 0.3) is 0 Å². The summed E-state index contributed by atoms with van der Waals surface area (Å²) in [5, 5.41) is 3.05. The van der Waals surface area contributed by atoms with Crippen molar-refractivity contribution in [2.45, 2.75) is 19.9 Å². The first kappa shape index (κ1) is 18.5. The maximum Gasteiger partial charge on any atom is 0.251 e. The number of rotatable bonds is 7. The van der Waals surface area contributed by atoms with Crippen molar-refractivity contribution in [3.63, 3.8) is 0 Å². The van der Waals surface area contributed by atoms with Crippen molar-refractivity contribution >= 4 is 5.91 Å². The smallest absolute Gasteiger partial charge is 0.251 e. The molecule has 1 saturated heterocycles. The van der Waals surface area contributed by atoms with Gasteiger partial charge in [-0.05, 0) is 24.1 Å². The summed E-state index contributed by atoms with van der Waals surface area (Å²) in [4.78, 5) is 14.9. The Balaban J connectivity index is 2.00. The van der Waals surface area contributed by atoms with Gasteiger partial charge in [0, 0.05) is 31.2 Å². The average Bonchev–Trinajstić information content (AvgIpc) is 2.61. The minimum absolute atomic E-state index is 0.102. The number of amides is 1. The third kappa shape index (κ3) is 4.61. The molecule has 1 unspecified atom stereocenters. The number of carbonyl (C=O) groups is 1. The van der Waals surface area contributed by atoms with E-state index in [2.05, 4.69) is 24.1 Å². The molecule has 1 aromatic rings. The predicted molar refractivity (Wildman–Crippen MR) is 92.9 cm³/mol. The van der Waals surface area contributed by atoms with Crippen LogP contribution in [0.5, 0.6) is 11.5 Å². The number of methoxy groups -OCH3 is 2. The monoisotopic (exact) mass is 336 g/mol. The summed E-state index contributed by atoms with van der Waals surface area (Å²) in [6.45, 7) is 8.32. The van der Waals surface area contributed by atoms with Gasteiger partial charge in [-0.15, -0.1) is 0 Å². The van der Waals surface area contributed by atoms with E-state index in [4.69, 9.17) is 14.2 Å². The van der Waals surface area contributed by atoms with E-state index in [9.17, 15) is 4.79 Å². The highest BCUT2D eigenvalue weighted by Gasteiger charge is 2.24. The standard InChI is InChI=1S/C18H28N2O4/c1-13(2)15(20-7-9-24-10-8-20)12-19-18(21)14-5-6-16(22-3)17(11-14)23-4/h5-6,11,13,15H,7-10,12H2,1-4H3,(H,19,21). The van der Waals surface area contributed by atoms with E-state index in [-0.39, 0.29) is 5.91 Å².